The van der Waals surface area contributed by atoms with E-state index in [-0.39, 0.29) is 35.6 Å². The molecule has 4 rings (SSSR count). The lowest BCUT2D eigenvalue weighted by Crippen LogP contribution is -2.25. The number of hydrogen-bond donors (Lipinski definition) is 3. The van der Waals surface area contributed by atoms with Crippen LogP contribution in [0, 0.1) is 0 Å². The molecule has 10 heteroatoms. The predicted molar refractivity (Wildman–Crippen MR) is 125 cm³/mol. The number of halogens is 3. The molecule has 0 saturated carbocycles. The molecule has 0 bridgehead atoms. The number of rotatable bonds is 6. The first-order valence-electron chi connectivity index (χ1n) is 10.9. The van der Waals surface area contributed by atoms with Crippen molar-refractivity contribution in [2.24, 2.45) is 0 Å². The first kappa shape index (κ1) is 24.2. The van der Waals surface area contributed by atoms with Gasteiger partial charge in [0.2, 0.25) is 0 Å². The van der Waals surface area contributed by atoms with E-state index in [1.165, 1.54) is 29.8 Å². The molecule has 0 radical (unpaired) electrons. The monoisotopic (exact) mass is 484 g/mol. The number of aromatic amines is 1. The molecular weight excluding hydrogens is 461 g/mol. The van der Waals surface area contributed by atoms with Crippen molar-refractivity contribution in [1.82, 2.24) is 20.1 Å². The zero-order valence-corrected chi connectivity index (χ0v) is 19.0. The van der Waals surface area contributed by atoms with Crippen LogP contribution < -0.4 is 10.9 Å². The van der Waals surface area contributed by atoms with Gasteiger partial charge in [0.1, 0.15) is 5.69 Å². The third-order valence-electron chi connectivity index (χ3n) is 6.02. The average Bonchev–Trinajstić information content (AvgIpc) is 3.35. The Morgan fingerprint density at radius 1 is 1.20 bits per heavy atom. The molecule has 0 aliphatic rings. The van der Waals surface area contributed by atoms with Crippen LogP contribution in [-0.4, -0.2) is 39.4 Å². The first-order chi connectivity index (χ1) is 16.7. The van der Waals surface area contributed by atoms with Gasteiger partial charge in [0.05, 0.1) is 12.2 Å². The Kier molecular flexibility index (Phi) is 6.49. The third kappa shape index (κ3) is 4.57. The molecule has 2 aromatic heterocycles. The van der Waals surface area contributed by atoms with Crippen LogP contribution in [0.25, 0.3) is 21.9 Å². The lowest BCUT2D eigenvalue weighted by atomic mass is 9.97. The highest BCUT2D eigenvalue weighted by Crippen LogP contribution is 2.36. The van der Waals surface area contributed by atoms with Crippen LogP contribution in [0.1, 0.15) is 40.1 Å². The van der Waals surface area contributed by atoms with Gasteiger partial charge in [-0.05, 0) is 59.7 Å². The van der Waals surface area contributed by atoms with Crippen molar-refractivity contribution in [3.63, 3.8) is 0 Å². The average molecular weight is 484 g/mol. The normalized spacial score (nSPS) is 12.6. The summed E-state index contributed by atoms with van der Waals surface area (Å²) in [6, 6.07) is 10.9. The summed E-state index contributed by atoms with van der Waals surface area (Å²) in [6.45, 7) is 1.60. The van der Waals surface area contributed by atoms with Gasteiger partial charge in [0.15, 0.2) is 0 Å². The second-order valence-corrected chi connectivity index (χ2v) is 8.14. The molecule has 4 aromatic rings. The molecule has 0 aliphatic carbocycles. The number of fused-ring (bicyclic) bond motifs is 1. The summed E-state index contributed by atoms with van der Waals surface area (Å²) in [5, 5.41) is 18.5. The molecular formula is C25H23F3N4O3. The Morgan fingerprint density at radius 2 is 1.97 bits per heavy atom. The van der Waals surface area contributed by atoms with E-state index in [1.807, 2.05) is 12.0 Å². The van der Waals surface area contributed by atoms with Gasteiger partial charge in [-0.25, -0.2) is 0 Å². The fraction of sp³-hybridized carbons (Fsp3) is 0.240. The maximum Gasteiger partial charge on any atom is 0.433 e. The number of aliphatic hydroxyl groups is 1. The summed E-state index contributed by atoms with van der Waals surface area (Å²) in [5.41, 5.74) is 0.598. The first-order valence-corrected chi connectivity index (χ1v) is 10.9. The Bertz CT molecular complexity index is 1460. The van der Waals surface area contributed by atoms with Gasteiger partial charge in [0.25, 0.3) is 11.5 Å². The van der Waals surface area contributed by atoms with E-state index in [4.69, 9.17) is 0 Å². The van der Waals surface area contributed by atoms with Crippen molar-refractivity contribution in [2.45, 2.75) is 25.6 Å². The third-order valence-corrected chi connectivity index (χ3v) is 6.02. The summed E-state index contributed by atoms with van der Waals surface area (Å²) in [4.78, 5) is 25.5. The van der Waals surface area contributed by atoms with Crippen molar-refractivity contribution in [2.75, 3.05) is 13.7 Å². The fourth-order valence-electron chi connectivity index (χ4n) is 4.17. The summed E-state index contributed by atoms with van der Waals surface area (Å²) in [5.74, 6) is -0.254. The van der Waals surface area contributed by atoms with E-state index in [9.17, 15) is 27.9 Å². The largest absolute Gasteiger partial charge is 0.433 e. The van der Waals surface area contributed by atoms with Gasteiger partial charge < -0.3 is 15.0 Å². The minimum Gasteiger partial charge on any atom is -0.396 e. The summed E-state index contributed by atoms with van der Waals surface area (Å²) in [7, 11) is 1.53. The smallest absolute Gasteiger partial charge is 0.396 e. The molecule has 2 aromatic carbocycles. The maximum atomic E-state index is 13.4. The maximum absolute atomic E-state index is 13.4. The van der Waals surface area contributed by atoms with Crippen molar-refractivity contribution in [3.05, 3.63) is 87.6 Å². The number of amides is 1. The van der Waals surface area contributed by atoms with E-state index in [0.717, 1.165) is 11.8 Å². The van der Waals surface area contributed by atoms with Gasteiger partial charge in [-0.3, -0.25) is 14.7 Å². The van der Waals surface area contributed by atoms with E-state index in [0.29, 0.717) is 21.9 Å². The zero-order chi connectivity index (χ0) is 25.3. The second kappa shape index (κ2) is 9.38. The molecule has 1 amide bonds. The number of aliphatic hydroxyl groups excluding tert-OH is 1. The molecule has 35 heavy (non-hydrogen) atoms. The number of nitrogens with zero attached hydrogens (tertiary/aromatic N) is 2. The van der Waals surface area contributed by atoms with Crippen LogP contribution in [0.3, 0.4) is 0 Å². The van der Waals surface area contributed by atoms with Crippen LogP contribution in [0.15, 0.2) is 59.7 Å². The second-order valence-electron chi connectivity index (χ2n) is 8.14. The topological polar surface area (TPSA) is 100 Å². The molecule has 1 atom stereocenters. The van der Waals surface area contributed by atoms with Crippen LogP contribution in [0.4, 0.5) is 13.2 Å². The van der Waals surface area contributed by atoms with Gasteiger partial charge in [-0.2, -0.15) is 18.3 Å². The quantitative estimate of drug-likeness (QED) is 0.386. The number of H-pyrrole nitrogens is 1. The molecule has 3 N–H and O–H groups in total. The predicted octanol–water partition coefficient (Wildman–Crippen LogP) is 3.91. The lowest BCUT2D eigenvalue weighted by Gasteiger charge is -2.19. The van der Waals surface area contributed by atoms with Crippen molar-refractivity contribution >= 4 is 16.7 Å². The highest BCUT2D eigenvalue weighted by atomic mass is 19.4. The molecule has 2 heterocycles. The number of carbonyl (C=O) groups is 1. The number of benzene rings is 2. The van der Waals surface area contributed by atoms with Gasteiger partial charge in [-0.1, -0.05) is 18.2 Å². The van der Waals surface area contributed by atoms with Crippen LogP contribution in [0.5, 0.6) is 0 Å². The van der Waals surface area contributed by atoms with Gasteiger partial charge >= 0.3 is 6.18 Å². The molecule has 1 unspecified atom stereocenters. The molecule has 0 saturated heterocycles. The molecule has 7 nitrogen and oxygen atoms in total. The number of carbonyl (C=O) groups excluding carboxylic acids is 1. The van der Waals surface area contributed by atoms with Crippen LogP contribution in [0.2, 0.25) is 0 Å². The molecule has 0 spiro atoms. The standard InChI is InChI=1S/C25H23F3N4O3/c1-14(15-4-3-5-17(10-15)23(34)29-2)32-13-18(8-9-33)20-11-16(6-7-19(20)24(32)35)21-12-30-31-22(21)25(26,27)28/h3-7,10-14,33H,8-9H2,1-2H3,(H,29,34)(H,30,31). The van der Waals surface area contributed by atoms with Gasteiger partial charge in [0, 0.05) is 36.4 Å². The minimum atomic E-state index is -4.61. The number of pyridine rings is 1. The lowest BCUT2D eigenvalue weighted by molar-refractivity contribution is -0.140. The van der Waals surface area contributed by atoms with E-state index in [2.05, 4.69) is 10.4 Å². The van der Waals surface area contributed by atoms with Crippen molar-refractivity contribution < 1.29 is 23.1 Å². The number of hydrogen-bond acceptors (Lipinski definition) is 4. The van der Waals surface area contributed by atoms with Crippen molar-refractivity contribution in [1.29, 1.82) is 0 Å². The van der Waals surface area contributed by atoms with Gasteiger partial charge in [-0.15, -0.1) is 0 Å². The number of alkyl halides is 3. The Hall–Kier alpha value is -3.92. The molecule has 182 valence electrons. The zero-order valence-electron chi connectivity index (χ0n) is 19.0. The summed E-state index contributed by atoms with van der Waals surface area (Å²) >= 11 is 0. The van der Waals surface area contributed by atoms with E-state index < -0.39 is 17.9 Å². The number of aromatic nitrogens is 3. The minimum absolute atomic E-state index is 0.127. The molecule has 0 fully saturated rings. The highest BCUT2D eigenvalue weighted by Gasteiger charge is 2.36. The SMILES string of the molecule is CNC(=O)c1cccc(C(C)n2cc(CCO)c3cc(-c4cn[nH]c4C(F)(F)F)ccc3c2=O)c1. The Balaban J connectivity index is 1.86. The number of nitrogens with one attached hydrogen (secondary N) is 2. The molecule has 0 aliphatic heterocycles. The van der Waals surface area contributed by atoms with Crippen molar-refractivity contribution in [3.8, 4) is 11.1 Å². The summed E-state index contributed by atoms with van der Waals surface area (Å²) in [6.07, 6.45) is -1.71. The Morgan fingerprint density at radius 3 is 2.66 bits per heavy atom. The van der Waals surface area contributed by atoms with E-state index >= 15 is 0 Å². The Labute approximate surface area is 198 Å². The van der Waals surface area contributed by atoms with E-state index in [1.54, 1.807) is 30.5 Å². The summed E-state index contributed by atoms with van der Waals surface area (Å²) < 4.78 is 41.6. The highest BCUT2D eigenvalue weighted by molar-refractivity contribution is 5.94. The fourth-order valence-corrected chi connectivity index (χ4v) is 4.17. The van der Waals surface area contributed by atoms with Crippen LogP contribution in [-0.2, 0) is 12.6 Å². The van der Waals surface area contributed by atoms with Crippen LogP contribution >= 0.6 is 0 Å².